The first kappa shape index (κ1) is 17.1. The van der Waals surface area contributed by atoms with E-state index in [1.165, 1.54) is 0 Å². The van der Waals surface area contributed by atoms with Gasteiger partial charge in [0.15, 0.2) is 0 Å². The van der Waals surface area contributed by atoms with Gasteiger partial charge in [-0.2, -0.15) is 0 Å². The summed E-state index contributed by atoms with van der Waals surface area (Å²) in [5.41, 5.74) is 2.46. The van der Waals surface area contributed by atoms with Gasteiger partial charge in [-0.25, -0.2) is 17.2 Å². The summed E-state index contributed by atoms with van der Waals surface area (Å²) in [6.45, 7) is 0. The molecule has 0 atom stereocenters. The van der Waals surface area contributed by atoms with E-state index in [9.17, 15) is 17.2 Å². The van der Waals surface area contributed by atoms with Crippen molar-refractivity contribution in [1.82, 2.24) is 0 Å². The first-order chi connectivity index (χ1) is 11.9. The molecule has 0 saturated carbocycles. The third-order valence-corrected chi connectivity index (χ3v) is 5.06. The maximum atomic E-state index is 13.7. The Morgan fingerprint density at radius 3 is 2.08 bits per heavy atom. The predicted molar refractivity (Wildman–Crippen MR) is 92.9 cm³/mol. The summed E-state index contributed by atoms with van der Waals surface area (Å²) >= 11 is 0. The van der Waals surface area contributed by atoms with Crippen LogP contribution in [0.3, 0.4) is 0 Å². The van der Waals surface area contributed by atoms with Crippen molar-refractivity contribution in [2.24, 2.45) is 0 Å². The molecule has 128 valence electrons. The highest BCUT2D eigenvalue weighted by Crippen LogP contribution is 2.20. The largest absolute Gasteiger partial charge is 0.280 e. The zero-order valence-corrected chi connectivity index (χ0v) is 13.9. The second kappa shape index (κ2) is 7.03. The van der Waals surface area contributed by atoms with Crippen molar-refractivity contribution in [3.63, 3.8) is 0 Å². The van der Waals surface area contributed by atoms with E-state index in [1.807, 2.05) is 30.3 Å². The molecule has 0 aliphatic rings. The van der Waals surface area contributed by atoms with Gasteiger partial charge in [-0.3, -0.25) is 4.72 Å². The van der Waals surface area contributed by atoms with E-state index in [1.54, 1.807) is 24.3 Å². The van der Waals surface area contributed by atoms with Gasteiger partial charge in [-0.15, -0.1) is 0 Å². The molecule has 0 heterocycles. The smallest absolute Gasteiger partial charge is 0.264 e. The Morgan fingerprint density at radius 1 is 0.800 bits per heavy atom. The van der Waals surface area contributed by atoms with Crippen LogP contribution in [0.15, 0.2) is 77.7 Å². The third kappa shape index (κ3) is 4.22. The Bertz CT molecular complexity index is 972. The number of benzene rings is 3. The molecule has 3 nitrogen and oxygen atoms in total. The van der Waals surface area contributed by atoms with Crippen LogP contribution < -0.4 is 4.72 Å². The molecule has 0 unspecified atom stereocenters. The van der Waals surface area contributed by atoms with Gasteiger partial charge in [-0.05, 0) is 41.8 Å². The number of anilines is 1. The molecular formula is C19H15F2NO2S. The molecule has 3 aromatic rings. The summed E-state index contributed by atoms with van der Waals surface area (Å²) < 4.78 is 53.4. The van der Waals surface area contributed by atoms with Crippen molar-refractivity contribution in [3.8, 4) is 0 Å². The maximum absolute atomic E-state index is 13.7. The Morgan fingerprint density at radius 2 is 1.44 bits per heavy atom. The van der Waals surface area contributed by atoms with Crippen LogP contribution in [0.2, 0.25) is 0 Å². The molecule has 3 rings (SSSR count). The zero-order chi connectivity index (χ0) is 17.9. The second-order valence-corrected chi connectivity index (χ2v) is 7.19. The standard InChI is InChI=1S/C19H15F2NO2S/c20-16-8-11-19(18(21)13-16)25(23,24)22-17-9-6-15(7-10-17)12-14-4-2-1-3-5-14/h1-11,13,22H,12H2. The first-order valence-corrected chi connectivity index (χ1v) is 9.03. The Hall–Kier alpha value is -2.73. The average Bonchev–Trinajstić information content (AvgIpc) is 2.57. The van der Waals surface area contributed by atoms with Gasteiger partial charge in [0.05, 0.1) is 0 Å². The summed E-state index contributed by atoms with van der Waals surface area (Å²) in [5, 5.41) is 0. The average molecular weight is 359 g/mol. The molecule has 0 fully saturated rings. The van der Waals surface area contributed by atoms with Crippen LogP contribution in [0.1, 0.15) is 11.1 Å². The zero-order valence-electron chi connectivity index (χ0n) is 13.1. The van der Waals surface area contributed by atoms with E-state index in [0.717, 1.165) is 29.7 Å². The van der Waals surface area contributed by atoms with E-state index >= 15 is 0 Å². The van der Waals surface area contributed by atoms with Gasteiger partial charge in [0.25, 0.3) is 10.0 Å². The summed E-state index contributed by atoms with van der Waals surface area (Å²) in [4.78, 5) is -0.595. The lowest BCUT2D eigenvalue weighted by atomic mass is 10.1. The minimum atomic E-state index is -4.12. The lowest BCUT2D eigenvalue weighted by molar-refractivity contribution is 0.551. The number of nitrogens with one attached hydrogen (secondary N) is 1. The summed E-state index contributed by atoms with van der Waals surface area (Å²) in [5.74, 6) is -1.96. The summed E-state index contributed by atoms with van der Waals surface area (Å²) in [7, 11) is -4.12. The van der Waals surface area contributed by atoms with Crippen molar-refractivity contribution in [2.45, 2.75) is 11.3 Å². The fourth-order valence-electron chi connectivity index (χ4n) is 2.43. The van der Waals surface area contributed by atoms with E-state index in [-0.39, 0.29) is 0 Å². The van der Waals surface area contributed by atoms with E-state index in [2.05, 4.69) is 4.72 Å². The highest BCUT2D eigenvalue weighted by Gasteiger charge is 2.19. The normalized spacial score (nSPS) is 11.3. The van der Waals surface area contributed by atoms with Crippen LogP contribution in [0.4, 0.5) is 14.5 Å². The van der Waals surface area contributed by atoms with Gasteiger partial charge < -0.3 is 0 Å². The van der Waals surface area contributed by atoms with Crippen molar-refractivity contribution in [1.29, 1.82) is 0 Å². The Kier molecular flexibility index (Phi) is 4.81. The lowest BCUT2D eigenvalue weighted by Crippen LogP contribution is -2.14. The molecule has 6 heteroatoms. The second-order valence-electron chi connectivity index (χ2n) is 5.54. The van der Waals surface area contributed by atoms with Crippen LogP contribution in [-0.2, 0) is 16.4 Å². The molecule has 0 bridgehead atoms. The molecule has 1 N–H and O–H groups in total. The van der Waals surface area contributed by atoms with Crippen LogP contribution in [0.5, 0.6) is 0 Å². The van der Waals surface area contributed by atoms with Crippen molar-refractivity contribution < 1.29 is 17.2 Å². The number of hydrogen-bond acceptors (Lipinski definition) is 2. The van der Waals surface area contributed by atoms with Gasteiger partial charge in [0.1, 0.15) is 16.5 Å². The quantitative estimate of drug-likeness (QED) is 0.736. The topological polar surface area (TPSA) is 46.2 Å². The molecule has 3 aromatic carbocycles. The fraction of sp³-hybridized carbons (Fsp3) is 0.0526. The number of rotatable bonds is 5. The molecule has 0 radical (unpaired) electrons. The fourth-order valence-corrected chi connectivity index (χ4v) is 3.54. The lowest BCUT2D eigenvalue weighted by Gasteiger charge is -2.10. The van der Waals surface area contributed by atoms with E-state index < -0.39 is 26.6 Å². The van der Waals surface area contributed by atoms with E-state index in [0.29, 0.717) is 11.8 Å². The minimum absolute atomic E-state index is 0.306. The third-order valence-electron chi connectivity index (χ3n) is 3.64. The Labute approximate surface area is 145 Å². The molecule has 0 aliphatic carbocycles. The molecule has 0 spiro atoms. The number of sulfonamides is 1. The van der Waals surface area contributed by atoms with Gasteiger partial charge >= 0.3 is 0 Å². The van der Waals surface area contributed by atoms with Crippen LogP contribution in [0.25, 0.3) is 0 Å². The maximum Gasteiger partial charge on any atom is 0.264 e. The number of halogens is 2. The monoisotopic (exact) mass is 359 g/mol. The summed E-state index contributed by atoms with van der Waals surface area (Å²) in [6, 6.07) is 19.0. The van der Waals surface area contributed by atoms with Crippen LogP contribution in [0, 0.1) is 11.6 Å². The molecule has 0 aromatic heterocycles. The minimum Gasteiger partial charge on any atom is -0.280 e. The highest BCUT2D eigenvalue weighted by molar-refractivity contribution is 7.92. The van der Waals surface area contributed by atoms with Crippen molar-refractivity contribution >= 4 is 15.7 Å². The van der Waals surface area contributed by atoms with Gasteiger partial charge in [0.2, 0.25) is 0 Å². The van der Waals surface area contributed by atoms with Gasteiger partial charge in [-0.1, -0.05) is 42.5 Å². The molecule has 0 amide bonds. The molecule has 0 aliphatic heterocycles. The van der Waals surface area contributed by atoms with Crippen LogP contribution in [-0.4, -0.2) is 8.42 Å². The highest BCUT2D eigenvalue weighted by atomic mass is 32.2. The van der Waals surface area contributed by atoms with Crippen LogP contribution >= 0.6 is 0 Å². The van der Waals surface area contributed by atoms with Crippen molar-refractivity contribution in [2.75, 3.05) is 4.72 Å². The molecular weight excluding hydrogens is 344 g/mol. The predicted octanol–water partition coefficient (Wildman–Crippen LogP) is 4.36. The molecule has 25 heavy (non-hydrogen) atoms. The first-order valence-electron chi connectivity index (χ1n) is 7.55. The number of hydrogen-bond donors (Lipinski definition) is 1. The SMILES string of the molecule is O=S(=O)(Nc1ccc(Cc2ccccc2)cc1)c1ccc(F)cc1F. The van der Waals surface area contributed by atoms with Gasteiger partial charge in [0, 0.05) is 11.8 Å². The Balaban J connectivity index is 1.76. The van der Waals surface area contributed by atoms with Crippen molar-refractivity contribution in [3.05, 3.63) is 95.6 Å². The summed E-state index contributed by atoms with van der Waals surface area (Å²) in [6.07, 6.45) is 0.723. The molecule has 0 saturated heterocycles. The van der Waals surface area contributed by atoms with E-state index in [4.69, 9.17) is 0 Å².